The van der Waals surface area contributed by atoms with Crippen LogP contribution in [-0.2, 0) is 6.54 Å². The van der Waals surface area contributed by atoms with Gasteiger partial charge in [-0.25, -0.2) is 0 Å². The summed E-state index contributed by atoms with van der Waals surface area (Å²) in [5.74, 6) is 0. The highest BCUT2D eigenvalue weighted by Gasteiger charge is 2.12. The Morgan fingerprint density at radius 2 is 1.75 bits per heavy atom. The van der Waals surface area contributed by atoms with Crippen molar-refractivity contribution in [3.8, 4) is 0 Å². The molecular formula is C11H19Cl2N3. The number of rotatable bonds is 2. The number of anilines is 1. The average Bonchev–Trinajstić information content (AvgIpc) is 2.30. The van der Waals surface area contributed by atoms with Crippen molar-refractivity contribution >= 4 is 30.5 Å². The van der Waals surface area contributed by atoms with E-state index >= 15 is 0 Å². The molecule has 0 bridgehead atoms. The summed E-state index contributed by atoms with van der Waals surface area (Å²) in [6, 6.07) is 8.40. The SMILES string of the molecule is Cl.Cl.NCc1ccccc1N1CCNCC1. The van der Waals surface area contributed by atoms with Gasteiger partial charge in [0.05, 0.1) is 0 Å². The molecule has 3 N–H and O–H groups in total. The van der Waals surface area contributed by atoms with Gasteiger partial charge >= 0.3 is 0 Å². The molecule has 1 heterocycles. The minimum Gasteiger partial charge on any atom is -0.369 e. The second-order valence-electron chi connectivity index (χ2n) is 3.57. The Morgan fingerprint density at radius 3 is 2.38 bits per heavy atom. The first-order valence-corrected chi connectivity index (χ1v) is 5.15. The molecule has 16 heavy (non-hydrogen) atoms. The molecule has 0 aromatic heterocycles. The number of piperazine rings is 1. The summed E-state index contributed by atoms with van der Waals surface area (Å²) in [6.45, 7) is 4.92. The van der Waals surface area contributed by atoms with E-state index in [1.165, 1.54) is 11.3 Å². The quantitative estimate of drug-likeness (QED) is 0.848. The first-order valence-electron chi connectivity index (χ1n) is 5.15. The van der Waals surface area contributed by atoms with Gasteiger partial charge < -0.3 is 16.0 Å². The summed E-state index contributed by atoms with van der Waals surface area (Å²) in [4.78, 5) is 2.40. The van der Waals surface area contributed by atoms with Gasteiger partial charge in [-0.3, -0.25) is 0 Å². The number of benzene rings is 1. The molecule has 0 radical (unpaired) electrons. The number of nitrogens with zero attached hydrogens (tertiary/aromatic N) is 1. The van der Waals surface area contributed by atoms with Crippen LogP contribution in [0.5, 0.6) is 0 Å². The van der Waals surface area contributed by atoms with Crippen molar-refractivity contribution in [3.63, 3.8) is 0 Å². The summed E-state index contributed by atoms with van der Waals surface area (Å²) < 4.78 is 0. The van der Waals surface area contributed by atoms with Crippen LogP contribution in [0.1, 0.15) is 5.56 Å². The van der Waals surface area contributed by atoms with Gasteiger partial charge in [-0.2, -0.15) is 0 Å². The summed E-state index contributed by atoms with van der Waals surface area (Å²) in [5.41, 5.74) is 8.26. The monoisotopic (exact) mass is 263 g/mol. The fourth-order valence-corrected chi connectivity index (χ4v) is 1.90. The third kappa shape index (κ3) is 3.52. The predicted molar refractivity (Wildman–Crippen MR) is 73.9 cm³/mol. The number of nitrogens with two attached hydrogens (primary N) is 1. The largest absolute Gasteiger partial charge is 0.369 e. The van der Waals surface area contributed by atoms with Gasteiger partial charge in [0.25, 0.3) is 0 Å². The van der Waals surface area contributed by atoms with Crippen molar-refractivity contribution in [2.45, 2.75) is 6.54 Å². The molecule has 1 aromatic carbocycles. The van der Waals surface area contributed by atoms with Crippen molar-refractivity contribution in [2.24, 2.45) is 5.73 Å². The van der Waals surface area contributed by atoms with Gasteiger partial charge in [-0.15, -0.1) is 24.8 Å². The zero-order chi connectivity index (χ0) is 9.80. The fraction of sp³-hybridized carbons (Fsp3) is 0.455. The molecule has 0 unspecified atom stereocenters. The average molecular weight is 264 g/mol. The minimum absolute atomic E-state index is 0. The normalized spacial score (nSPS) is 14.9. The van der Waals surface area contributed by atoms with Gasteiger partial charge in [0.1, 0.15) is 0 Å². The topological polar surface area (TPSA) is 41.3 Å². The van der Waals surface area contributed by atoms with Crippen LogP contribution in [0.4, 0.5) is 5.69 Å². The lowest BCUT2D eigenvalue weighted by atomic mass is 10.1. The van der Waals surface area contributed by atoms with Gasteiger partial charge in [-0.1, -0.05) is 18.2 Å². The van der Waals surface area contributed by atoms with E-state index in [0.29, 0.717) is 6.54 Å². The zero-order valence-corrected chi connectivity index (χ0v) is 10.8. The van der Waals surface area contributed by atoms with E-state index in [1.54, 1.807) is 0 Å². The van der Waals surface area contributed by atoms with E-state index in [1.807, 2.05) is 6.07 Å². The molecule has 0 amide bonds. The molecule has 0 saturated carbocycles. The molecule has 1 saturated heterocycles. The Bertz CT molecular complexity index is 301. The molecule has 0 atom stereocenters. The molecule has 92 valence electrons. The Kier molecular flexibility index (Phi) is 7.51. The van der Waals surface area contributed by atoms with E-state index in [0.717, 1.165) is 26.2 Å². The summed E-state index contributed by atoms with van der Waals surface area (Å²) in [7, 11) is 0. The van der Waals surface area contributed by atoms with Crippen LogP contribution >= 0.6 is 24.8 Å². The van der Waals surface area contributed by atoms with Gasteiger partial charge in [0, 0.05) is 38.4 Å². The second-order valence-corrected chi connectivity index (χ2v) is 3.57. The highest BCUT2D eigenvalue weighted by atomic mass is 35.5. The van der Waals surface area contributed by atoms with Gasteiger partial charge in [0.15, 0.2) is 0 Å². The van der Waals surface area contributed by atoms with Crippen LogP contribution < -0.4 is 16.0 Å². The number of hydrogen-bond acceptors (Lipinski definition) is 3. The van der Waals surface area contributed by atoms with Crippen LogP contribution in [-0.4, -0.2) is 26.2 Å². The summed E-state index contributed by atoms with van der Waals surface area (Å²) in [5, 5.41) is 3.35. The van der Waals surface area contributed by atoms with Crippen molar-refractivity contribution in [2.75, 3.05) is 31.1 Å². The molecule has 0 aliphatic carbocycles. The molecule has 1 aliphatic rings. The minimum atomic E-state index is 0. The van der Waals surface area contributed by atoms with Gasteiger partial charge in [-0.05, 0) is 11.6 Å². The highest BCUT2D eigenvalue weighted by molar-refractivity contribution is 5.85. The van der Waals surface area contributed by atoms with E-state index in [9.17, 15) is 0 Å². The maximum Gasteiger partial charge on any atom is 0.0412 e. The summed E-state index contributed by atoms with van der Waals surface area (Å²) in [6.07, 6.45) is 0. The molecule has 0 spiro atoms. The summed E-state index contributed by atoms with van der Waals surface area (Å²) >= 11 is 0. The predicted octanol–water partition coefficient (Wildman–Crippen LogP) is 1.40. The smallest absolute Gasteiger partial charge is 0.0412 e. The zero-order valence-electron chi connectivity index (χ0n) is 9.19. The van der Waals surface area contributed by atoms with Crippen molar-refractivity contribution in [1.82, 2.24) is 5.32 Å². The standard InChI is InChI=1S/C11H17N3.2ClH/c12-9-10-3-1-2-4-11(10)14-7-5-13-6-8-14;;/h1-4,13H,5-9,12H2;2*1H. The second kappa shape index (κ2) is 7.74. The molecule has 1 aromatic rings. The van der Waals surface area contributed by atoms with Crippen molar-refractivity contribution in [3.05, 3.63) is 29.8 Å². The molecular weight excluding hydrogens is 245 g/mol. The van der Waals surface area contributed by atoms with Crippen LogP contribution in [0.15, 0.2) is 24.3 Å². The third-order valence-electron chi connectivity index (χ3n) is 2.67. The van der Waals surface area contributed by atoms with Crippen LogP contribution in [0, 0.1) is 0 Å². The Labute approximate surface area is 109 Å². The van der Waals surface area contributed by atoms with Crippen LogP contribution in [0.2, 0.25) is 0 Å². The Morgan fingerprint density at radius 1 is 1.12 bits per heavy atom. The van der Waals surface area contributed by atoms with Gasteiger partial charge in [0.2, 0.25) is 0 Å². The number of hydrogen-bond donors (Lipinski definition) is 2. The molecule has 2 rings (SSSR count). The first-order chi connectivity index (χ1) is 6.92. The van der Waals surface area contributed by atoms with Crippen LogP contribution in [0.3, 0.4) is 0 Å². The lowest BCUT2D eigenvalue weighted by molar-refractivity contribution is 0.588. The lowest BCUT2D eigenvalue weighted by Gasteiger charge is -2.30. The highest BCUT2D eigenvalue weighted by Crippen LogP contribution is 2.19. The van der Waals surface area contributed by atoms with E-state index in [4.69, 9.17) is 5.73 Å². The number of halogens is 2. The molecule has 3 nitrogen and oxygen atoms in total. The number of nitrogens with one attached hydrogen (secondary N) is 1. The molecule has 5 heteroatoms. The van der Waals surface area contributed by atoms with Crippen molar-refractivity contribution < 1.29 is 0 Å². The fourth-order valence-electron chi connectivity index (χ4n) is 1.90. The third-order valence-corrected chi connectivity index (χ3v) is 2.67. The Hall–Kier alpha value is -0.480. The molecule has 1 aliphatic heterocycles. The lowest BCUT2D eigenvalue weighted by Crippen LogP contribution is -2.43. The Balaban J connectivity index is 0.00000112. The first kappa shape index (κ1) is 15.5. The van der Waals surface area contributed by atoms with E-state index in [-0.39, 0.29) is 24.8 Å². The molecule has 1 fully saturated rings. The maximum atomic E-state index is 5.72. The maximum absolute atomic E-state index is 5.72. The van der Waals surface area contributed by atoms with Crippen LogP contribution in [0.25, 0.3) is 0 Å². The van der Waals surface area contributed by atoms with E-state index in [2.05, 4.69) is 28.4 Å². The van der Waals surface area contributed by atoms with Crippen molar-refractivity contribution in [1.29, 1.82) is 0 Å². The van der Waals surface area contributed by atoms with E-state index < -0.39 is 0 Å². The number of para-hydroxylation sites is 1.